The standard InChI is InChI=1S/C25H29N3O7S2/c1-33-21-9-6-17(14-22(21)34-2)35-13-12-27-11-10-16-4-3-5-20(24(27)29)28(16)37(31,32)18-7-8-19-23(15-18)36-25(30)26-19/h6-9,14-16,20H,3-5,10-13H2,1-2H3,(H,26,30)/t16-,20+/m1/s1. The van der Waals surface area contributed by atoms with Gasteiger partial charge in [0.1, 0.15) is 18.4 Å². The number of amides is 1. The minimum Gasteiger partial charge on any atom is -0.493 e. The molecule has 0 radical (unpaired) electrons. The van der Waals surface area contributed by atoms with Crippen molar-refractivity contribution in [3.63, 3.8) is 0 Å². The van der Waals surface area contributed by atoms with Crippen molar-refractivity contribution in [2.45, 2.75) is 42.7 Å². The fourth-order valence-corrected chi connectivity index (χ4v) is 7.89. The average Bonchev–Trinajstić information content (AvgIpc) is 3.25. The van der Waals surface area contributed by atoms with Crippen LogP contribution < -0.4 is 19.1 Å². The summed E-state index contributed by atoms with van der Waals surface area (Å²) in [5.74, 6) is 1.53. The molecule has 198 valence electrons. The maximum absolute atomic E-state index is 13.8. The molecule has 2 aliphatic rings. The molecule has 0 aliphatic carbocycles. The number of ether oxygens (including phenoxy) is 3. The van der Waals surface area contributed by atoms with Crippen molar-refractivity contribution in [2.24, 2.45) is 0 Å². The summed E-state index contributed by atoms with van der Waals surface area (Å²) in [5.41, 5.74) is 0.599. The van der Waals surface area contributed by atoms with Gasteiger partial charge in [0.15, 0.2) is 11.5 Å². The van der Waals surface area contributed by atoms with Crippen LogP contribution in [-0.2, 0) is 14.8 Å². The van der Waals surface area contributed by atoms with Crippen molar-refractivity contribution in [2.75, 3.05) is 33.9 Å². The van der Waals surface area contributed by atoms with Crippen LogP contribution in [0.1, 0.15) is 25.7 Å². The van der Waals surface area contributed by atoms with Crippen LogP contribution in [0.5, 0.6) is 17.2 Å². The fourth-order valence-electron chi connectivity index (χ4n) is 5.16. The number of thiazole rings is 1. The Balaban J connectivity index is 1.33. The molecule has 37 heavy (non-hydrogen) atoms. The first-order valence-electron chi connectivity index (χ1n) is 12.1. The lowest BCUT2D eigenvalue weighted by atomic mass is 9.97. The van der Waals surface area contributed by atoms with Gasteiger partial charge in [-0.25, -0.2) is 8.42 Å². The molecule has 3 aromatic rings. The molecule has 1 aromatic heterocycles. The molecular formula is C25H29N3O7S2. The molecule has 2 aliphatic heterocycles. The van der Waals surface area contributed by atoms with Gasteiger partial charge in [-0.3, -0.25) is 9.59 Å². The van der Waals surface area contributed by atoms with E-state index in [1.54, 1.807) is 43.4 Å². The predicted octanol–water partition coefficient (Wildman–Crippen LogP) is 2.83. The second kappa shape index (κ2) is 10.3. The highest BCUT2D eigenvalue weighted by Crippen LogP contribution is 2.36. The van der Waals surface area contributed by atoms with Crippen LogP contribution >= 0.6 is 11.3 Å². The Morgan fingerprint density at radius 3 is 2.62 bits per heavy atom. The smallest absolute Gasteiger partial charge is 0.305 e. The minimum absolute atomic E-state index is 0.102. The van der Waals surface area contributed by atoms with E-state index >= 15 is 0 Å². The third-order valence-electron chi connectivity index (χ3n) is 6.96. The van der Waals surface area contributed by atoms with E-state index in [9.17, 15) is 18.0 Å². The Morgan fingerprint density at radius 2 is 1.84 bits per heavy atom. The van der Waals surface area contributed by atoms with Crippen LogP contribution in [0.4, 0.5) is 0 Å². The van der Waals surface area contributed by atoms with Crippen molar-refractivity contribution < 1.29 is 27.4 Å². The van der Waals surface area contributed by atoms with Crippen LogP contribution in [0.15, 0.2) is 46.1 Å². The molecular weight excluding hydrogens is 518 g/mol. The van der Waals surface area contributed by atoms with Gasteiger partial charge in [-0.05, 0) is 56.0 Å². The quantitative estimate of drug-likeness (QED) is 0.461. The summed E-state index contributed by atoms with van der Waals surface area (Å²) in [5, 5.41) is 0. The monoisotopic (exact) mass is 547 g/mol. The average molecular weight is 548 g/mol. The lowest BCUT2D eigenvalue weighted by Crippen LogP contribution is -2.53. The third-order valence-corrected chi connectivity index (χ3v) is 9.77. The number of benzene rings is 2. The molecule has 0 spiro atoms. The van der Waals surface area contributed by atoms with Gasteiger partial charge in [0.2, 0.25) is 15.9 Å². The zero-order valence-corrected chi connectivity index (χ0v) is 22.3. The molecule has 2 fully saturated rings. The van der Waals surface area contributed by atoms with Crippen molar-refractivity contribution in [3.05, 3.63) is 46.1 Å². The van der Waals surface area contributed by atoms with E-state index in [0.717, 1.165) is 17.8 Å². The van der Waals surface area contributed by atoms with E-state index in [1.165, 1.54) is 16.4 Å². The number of carbonyl (C=O) groups excluding carboxylic acids is 1. The molecule has 3 heterocycles. The van der Waals surface area contributed by atoms with Crippen LogP contribution in [0, 0.1) is 0 Å². The van der Waals surface area contributed by atoms with Crippen molar-refractivity contribution in [1.82, 2.24) is 14.2 Å². The Hall–Kier alpha value is -3.09. The van der Waals surface area contributed by atoms with Gasteiger partial charge in [0.05, 0.1) is 35.9 Å². The number of sulfonamides is 1. The van der Waals surface area contributed by atoms with Gasteiger partial charge in [-0.2, -0.15) is 4.31 Å². The molecule has 5 rings (SSSR count). The highest BCUT2D eigenvalue weighted by atomic mass is 32.2. The third kappa shape index (κ3) is 4.92. The highest BCUT2D eigenvalue weighted by Gasteiger charge is 2.46. The summed E-state index contributed by atoms with van der Waals surface area (Å²) in [6, 6.07) is 8.85. The van der Waals surface area contributed by atoms with Crippen molar-refractivity contribution in [3.8, 4) is 17.2 Å². The number of hydrogen-bond donors (Lipinski definition) is 1. The first-order chi connectivity index (χ1) is 17.8. The van der Waals surface area contributed by atoms with E-state index in [0.29, 0.717) is 59.8 Å². The van der Waals surface area contributed by atoms with Gasteiger partial charge < -0.3 is 24.1 Å². The second-order valence-corrected chi connectivity index (χ2v) is 11.9. The van der Waals surface area contributed by atoms with Crippen LogP contribution in [-0.4, -0.2) is 74.5 Å². The summed E-state index contributed by atoms with van der Waals surface area (Å²) < 4.78 is 46.0. The molecule has 1 N–H and O–H groups in total. The summed E-state index contributed by atoms with van der Waals surface area (Å²) in [7, 11) is -0.832. The number of hydrogen-bond acceptors (Lipinski definition) is 8. The predicted molar refractivity (Wildman–Crippen MR) is 139 cm³/mol. The van der Waals surface area contributed by atoms with E-state index < -0.39 is 16.1 Å². The SMILES string of the molecule is COc1ccc(OCCN2CC[C@H]3CCC[C@@H](C2=O)N3S(=O)(=O)c2ccc3[nH]c(=O)sc3c2)cc1OC. The van der Waals surface area contributed by atoms with Crippen LogP contribution in [0.2, 0.25) is 0 Å². The number of H-pyrrole nitrogens is 1. The Bertz CT molecular complexity index is 1470. The van der Waals surface area contributed by atoms with E-state index in [4.69, 9.17) is 14.2 Å². The number of nitrogens with zero attached hydrogens (tertiary/aromatic N) is 2. The number of nitrogens with one attached hydrogen (secondary N) is 1. The normalized spacial score (nSPS) is 20.6. The maximum atomic E-state index is 13.8. The van der Waals surface area contributed by atoms with Gasteiger partial charge >= 0.3 is 4.87 Å². The first kappa shape index (κ1) is 25.6. The van der Waals surface area contributed by atoms with Crippen molar-refractivity contribution in [1.29, 1.82) is 0 Å². The van der Waals surface area contributed by atoms with E-state index in [-0.39, 0.29) is 28.3 Å². The number of fused-ring (bicyclic) bond motifs is 3. The van der Waals surface area contributed by atoms with Gasteiger partial charge in [-0.15, -0.1) is 0 Å². The zero-order valence-electron chi connectivity index (χ0n) is 20.6. The van der Waals surface area contributed by atoms with Crippen molar-refractivity contribution >= 4 is 37.5 Å². The largest absolute Gasteiger partial charge is 0.493 e. The zero-order chi connectivity index (χ0) is 26.2. The molecule has 0 unspecified atom stereocenters. The number of aromatic nitrogens is 1. The van der Waals surface area contributed by atoms with Gasteiger partial charge in [-0.1, -0.05) is 11.3 Å². The maximum Gasteiger partial charge on any atom is 0.305 e. The fraction of sp³-hybridized carbons (Fsp3) is 0.440. The lowest BCUT2D eigenvalue weighted by Gasteiger charge is -2.38. The summed E-state index contributed by atoms with van der Waals surface area (Å²) in [4.78, 5) is 29.5. The molecule has 0 saturated carbocycles. The van der Waals surface area contributed by atoms with Crippen LogP contribution in [0.3, 0.4) is 0 Å². The summed E-state index contributed by atoms with van der Waals surface area (Å²) >= 11 is 0.969. The topological polar surface area (TPSA) is 118 Å². The molecule has 1 amide bonds. The second-order valence-electron chi connectivity index (χ2n) is 9.09. The molecule has 12 heteroatoms. The van der Waals surface area contributed by atoms with E-state index in [2.05, 4.69) is 4.98 Å². The molecule has 10 nitrogen and oxygen atoms in total. The molecule has 2 atom stereocenters. The van der Waals surface area contributed by atoms with E-state index in [1.807, 2.05) is 0 Å². The minimum atomic E-state index is -3.94. The van der Waals surface area contributed by atoms with Crippen LogP contribution in [0.25, 0.3) is 10.2 Å². The summed E-state index contributed by atoms with van der Waals surface area (Å²) in [6.45, 7) is 1.06. The Kier molecular flexibility index (Phi) is 7.15. The summed E-state index contributed by atoms with van der Waals surface area (Å²) in [6.07, 6.45) is 2.53. The number of methoxy groups -OCH3 is 2. The van der Waals surface area contributed by atoms with Gasteiger partial charge in [0.25, 0.3) is 0 Å². The lowest BCUT2D eigenvalue weighted by molar-refractivity contribution is -0.135. The molecule has 2 aromatic carbocycles. The number of aromatic amines is 1. The number of rotatable bonds is 8. The highest BCUT2D eigenvalue weighted by molar-refractivity contribution is 7.89. The van der Waals surface area contributed by atoms with Gasteiger partial charge in [0, 0.05) is 18.7 Å². The first-order valence-corrected chi connectivity index (χ1v) is 14.4. The molecule has 2 bridgehead atoms. The number of carbonyl (C=O) groups is 1. The molecule has 2 saturated heterocycles. The Labute approximate surface area is 218 Å². The Morgan fingerprint density at radius 1 is 1.03 bits per heavy atom. The number of piperidine rings is 1.